The van der Waals surface area contributed by atoms with Gasteiger partial charge in [-0.2, -0.15) is 0 Å². The van der Waals surface area contributed by atoms with E-state index in [-0.39, 0.29) is 11.3 Å². The molecule has 1 N–H and O–H groups in total. The van der Waals surface area contributed by atoms with Crippen LogP contribution < -0.4 is 5.32 Å². The van der Waals surface area contributed by atoms with Crippen molar-refractivity contribution in [3.63, 3.8) is 0 Å². The SMILES string of the molecule is Cc1ccc(C(=O)Nc2nc(C)c(C)s2)cc1[N+](=O)[O-]. The van der Waals surface area contributed by atoms with E-state index in [1.54, 1.807) is 19.1 Å². The van der Waals surface area contributed by atoms with Crippen LogP contribution in [0.3, 0.4) is 0 Å². The number of aromatic nitrogens is 1. The highest BCUT2D eigenvalue weighted by molar-refractivity contribution is 7.15. The summed E-state index contributed by atoms with van der Waals surface area (Å²) >= 11 is 1.37. The first-order valence-corrected chi connectivity index (χ1v) is 6.70. The molecule has 0 fully saturated rings. The van der Waals surface area contributed by atoms with E-state index in [1.165, 1.54) is 17.4 Å². The van der Waals surface area contributed by atoms with Gasteiger partial charge in [-0.1, -0.05) is 6.07 Å². The van der Waals surface area contributed by atoms with Gasteiger partial charge in [0.2, 0.25) is 0 Å². The van der Waals surface area contributed by atoms with Crippen molar-refractivity contribution >= 4 is 28.1 Å². The quantitative estimate of drug-likeness (QED) is 0.695. The average Bonchev–Trinajstić information content (AvgIpc) is 2.68. The first-order chi connectivity index (χ1) is 9.38. The number of nitrogens with zero attached hydrogens (tertiary/aromatic N) is 2. The third kappa shape index (κ3) is 2.83. The standard InChI is InChI=1S/C13H13N3O3S/c1-7-4-5-10(6-11(7)16(18)19)12(17)15-13-14-8(2)9(3)20-13/h4-6H,1-3H3,(H,14,15,17). The highest BCUT2D eigenvalue weighted by atomic mass is 32.1. The van der Waals surface area contributed by atoms with Crippen molar-refractivity contribution in [3.8, 4) is 0 Å². The largest absolute Gasteiger partial charge is 0.298 e. The number of amides is 1. The second-order valence-electron chi connectivity index (χ2n) is 4.37. The molecule has 2 rings (SSSR count). The van der Waals surface area contributed by atoms with Crippen LogP contribution in [0.1, 0.15) is 26.5 Å². The maximum atomic E-state index is 12.1. The number of nitro benzene ring substituents is 1. The van der Waals surface area contributed by atoms with Crippen molar-refractivity contribution < 1.29 is 9.72 Å². The molecule has 2 aromatic rings. The van der Waals surface area contributed by atoms with Gasteiger partial charge in [0.15, 0.2) is 5.13 Å². The highest BCUT2D eigenvalue weighted by Crippen LogP contribution is 2.23. The number of thiazole rings is 1. The lowest BCUT2D eigenvalue weighted by Gasteiger charge is -2.03. The summed E-state index contributed by atoms with van der Waals surface area (Å²) in [4.78, 5) is 27.7. The molecule has 1 aromatic heterocycles. The molecule has 0 saturated heterocycles. The molecule has 0 unspecified atom stereocenters. The highest BCUT2D eigenvalue weighted by Gasteiger charge is 2.16. The third-order valence-corrected chi connectivity index (χ3v) is 3.91. The number of nitro groups is 1. The summed E-state index contributed by atoms with van der Waals surface area (Å²) in [5.74, 6) is -0.401. The molecule has 0 saturated carbocycles. The van der Waals surface area contributed by atoms with Crippen LogP contribution in [0.25, 0.3) is 0 Å². The zero-order chi connectivity index (χ0) is 14.9. The first kappa shape index (κ1) is 14.1. The normalized spacial score (nSPS) is 10.3. The van der Waals surface area contributed by atoms with Gasteiger partial charge in [-0.25, -0.2) is 4.98 Å². The van der Waals surface area contributed by atoms with Crippen LogP contribution >= 0.6 is 11.3 Å². The van der Waals surface area contributed by atoms with Crippen LogP contribution in [0.5, 0.6) is 0 Å². The number of rotatable bonds is 3. The van der Waals surface area contributed by atoms with E-state index in [0.717, 1.165) is 10.6 Å². The maximum absolute atomic E-state index is 12.1. The van der Waals surface area contributed by atoms with E-state index in [0.29, 0.717) is 10.7 Å². The van der Waals surface area contributed by atoms with Crippen molar-refractivity contribution in [2.24, 2.45) is 0 Å². The number of hydrogen-bond donors (Lipinski definition) is 1. The zero-order valence-electron chi connectivity index (χ0n) is 11.3. The monoisotopic (exact) mass is 291 g/mol. The molecule has 1 aromatic carbocycles. The predicted octanol–water partition coefficient (Wildman–Crippen LogP) is 3.23. The molecule has 104 valence electrons. The van der Waals surface area contributed by atoms with Crippen LogP contribution in [-0.2, 0) is 0 Å². The summed E-state index contributed by atoms with van der Waals surface area (Å²) < 4.78 is 0. The third-order valence-electron chi connectivity index (χ3n) is 2.92. The maximum Gasteiger partial charge on any atom is 0.273 e. The van der Waals surface area contributed by atoms with Gasteiger partial charge < -0.3 is 0 Å². The molecule has 1 heterocycles. The van der Waals surface area contributed by atoms with Crippen LogP contribution in [-0.4, -0.2) is 15.8 Å². The fourth-order valence-electron chi connectivity index (χ4n) is 1.64. The van der Waals surface area contributed by atoms with E-state index in [4.69, 9.17) is 0 Å². The van der Waals surface area contributed by atoms with Gasteiger partial charge in [-0.15, -0.1) is 11.3 Å². The fourth-order valence-corrected chi connectivity index (χ4v) is 2.45. The van der Waals surface area contributed by atoms with Crippen LogP contribution in [0.2, 0.25) is 0 Å². The van der Waals surface area contributed by atoms with Crippen LogP contribution in [0.4, 0.5) is 10.8 Å². The van der Waals surface area contributed by atoms with E-state index < -0.39 is 10.8 Å². The van der Waals surface area contributed by atoms with Gasteiger partial charge in [0, 0.05) is 22.1 Å². The second-order valence-corrected chi connectivity index (χ2v) is 5.58. The van der Waals surface area contributed by atoms with Crippen LogP contribution in [0, 0.1) is 30.9 Å². The van der Waals surface area contributed by atoms with Crippen molar-refractivity contribution in [1.82, 2.24) is 4.98 Å². The number of anilines is 1. The molecule has 0 bridgehead atoms. The Morgan fingerprint density at radius 3 is 2.60 bits per heavy atom. The van der Waals surface area contributed by atoms with Crippen molar-refractivity contribution in [3.05, 3.63) is 50.0 Å². The van der Waals surface area contributed by atoms with Gasteiger partial charge in [-0.05, 0) is 26.8 Å². The zero-order valence-corrected chi connectivity index (χ0v) is 12.1. The number of benzene rings is 1. The lowest BCUT2D eigenvalue weighted by Crippen LogP contribution is -2.12. The average molecular weight is 291 g/mol. The van der Waals surface area contributed by atoms with E-state index >= 15 is 0 Å². The Morgan fingerprint density at radius 1 is 1.35 bits per heavy atom. The fraction of sp³-hybridized carbons (Fsp3) is 0.231. The molecule has 6 nitrogen and oxygen atoms in total. The molecular weight excluding hydrogens is 278 g/mol. The number of carbonyl (C=O) groups is 1. The molecular formula is C13H13N3O3S. The number of aryl methyl sites for hydroxylation is 3. The predicted molar refractivity (Wildman–Crippen MR) is 77.4 cm³/mol. The minimum atomic E-state index is -0.496. The van der Waals surface area contributed by atoms with Gasteiger partial charge in [0.1, 0.15) is 0 Å². The molecule has 1 amide bonds. The second kappa shape index (κ2) is 5.38. The molecule has 7 heteroatoms. The van der Waals surface area contributed by atoms with E-state index in [2.05, 4.69) is 10.3 Å². The Hall–Kier alpha value is -2.28. The summed E-state index contributed by atoms with van der Waals surface area (Å²) in [7, 11) is 0. The van der Waals surface area contributed by atoms with E-state index in [1.807, 2.05) is 13.8 Å². The Bertz CT molecular complexity index is 675. The smallest absolute Gasteiger partial charge is 0.273 e. The number of hydrogen-bond acceptors (Lipinski definition) is 5. The molecule has 0 atom stereocenters. The molecule has 0 spiro atoms. The van der Waals surface area contributed by atoms with Gasteiger partial charge >= 0.3 is 0 Å². The van der Waals surface area contributed by atoms with Gasteiger partial charge in [-0.3, -0.25) is 20.2 Å². The summed E-state index contributed by atoms with van der Waals surface area (Å²) in [6.45, 7) is 5.41. The van der Waals surface area contributed by atoms with Crippen molar-refractivity contribution in [2.45, 2.75) is 20.8 Å². The molecule has 20 heavy (non-hydrogen) atoms. The minimum Gasteiger partial charge on any atom is -0.298 e. The Balaban J connectivity index is 2.25. The van der Waals surface area contributed by atoms with Gasteiger partial charge in [0.05, 0.1) is 10.6 Å². The summed E-state index contributed by atoms with van der Waals surface area (Å²) in [6, 6.07) is 4.40. The topological polar surface area (TPSA) is 85.1 Å². The van der Waals surface area contributed by atoms with Crippen molar-refractivity contribution in [1.29, 1.82) is 0 Å². The summed E-state index contributed by atoms with van der Waals surface area (Å²) in [5, 5.41) is 14.0. The van der Waals surface area contributed by atoms with E-state index in [9.17, 15) is 14.9 Å². The minimum absolute atomic E-state index is 0.0656. The lowest BCUT2D eigenvalue weighted by atomic mass is 10.1. The Morgan fingerprint density at radius 2 is 2.05 bits per heavy atom. The molecule has 0 aliphatic carbocycles. The first-order valence-electron chi connectivity index (χ1n) is 5.89. The number of carbonyl (C=O) groups excluding carboxylic acids is 1. The Kier molecular flexibility index (Phi) is 3.80. The molecule has 0 aliphatic heterocycles. The van der Waals surface area contributed by atoms with Crippen LogP contribution in [0.15, 0.2) is 18.2 Å². The van der Waals surface area contributed by atoms with Gasteiger partial charge in [0.25, 0.3) is 11.6 Å². The number of nitrogens with one attached hydrogen (secondary N) is 1. The summed E-state index contributed by atoms with van der Waals surface area (Å²) in [5.41, 5.74) is 1.56. The lowest BCUT2D eigenvalue weighted by molar-refractivity contribution is -0.385. The molecule has 0 radical (unpaired) electrons. The molecule has 0 aliphatic rings. The summed E-state index contributed by atoms with van der Waals surface area (Å²) in [6.07, 6.45) is 0. The Labute approximate surface area is 119 Å². The van der Waals surface area contributed by atoms with Crippen molar-refractivity contribution in [2.75, 3.05) is 5.32 Å².